The van der Waals surface area contributed by atoms with Gasteiger partial charge in [-0.2, -0.15) is 5.10 Å². The largest absolute Gasteiger partial charge is 0.467 e. The van der Waals surface area contributed by atoms with Gasteiger partial charge in [-0.05, 0) is 37.3 Å². The number of anilines is 1. The molecule has 3 aromatic rings. The first-order valence-electron chi connectivity index (χ1n) is 8.99. The summed E-state index contributed by atoms with van der Waals surface area (Å²) < 4.78 is 10.9. The van der Waals surface area contributed by atoms with E-state index >= 15 is 0 Å². The molecule has 1 aromatic carbocycles. The Hall–Kier alpha value is -3.88. The summed E-state index contributed by atoms with van der Waals surface area (Å²) in [4.78, 5) is 23.6. The summed E-state index contributed by atoms with van der Waals surface area (Å²) in [5.41, 5.74) is 1.64. The Morgan fingerprint density at radius 2 is 2.03 bits per heavy atom. The van der Waals surface area contributed by atoms with Gasteiger partial charge >= 0.3 is 0 Å². The maximum absolute atomic E-state index is 12.9. The van der Waals surface area contributed by atoms with Gasteiger partial charge in [-0.1, -0.05) is 6.07 Å². The van der Waals surface area contributed by atoms with Gasteiger partial charge in [0.2, 0.25) is 0 Å². The quantitative estimate of drug-likeness (QED) is 0.501. The molecule has 0 spiro atoms. The fourth-order valence-corrected chi connectivity index (χ4v) is 3.30. The number of carbonyl (C=O) groups is 1. The topological polar surface area (TPSA) is 114 Å². The van der Waals surface area contributed by atoms with Gasteiger partial charge in [0.15, 0.2) is 0 Å². The second-order valence-electron chi connectivity index (χ2n) is 6.56. The molecular formula is C20H18N4O5. The maximum Gasteiger partial charge on any atom is 0.274 e. The monoisotopic (exact) mass is 394 g/mol. The number of hydrazone groups is 1. The number of nitro groups is 1. The first-order chi connectivity index (χ1) is 14.0. The van der Waals surface area contributed by atoms with Crippen LogP contribution in [-0.4, -0.2) is 28.1 Å². The minimum absolute atomic E-state index is 0.00444. The van der Waals surface area contributed by atoms with Crippen molar-refractivity contribution in [3.8, 4) is 0 Å². The first-order valence-corrected chi connectivity index (χ1v) is 8.99. The van der Waals surface area contributed by atoms with E-state index in [2.05, 4.69) is 10.4 Å². The third-order valence-corrected chi connectivity index (χ3v) is 4.78. The molecule has 3 heterocycles. The van der Waals surface area contributed by atoms with Crippen molar-refractivity contribution in [3.63, 3.8) is 0 Å². The predicted molar refractivity (Wildman–Crippen MR) is 104 cm³/mol. The number of hydrogen-bond acceptors (Lipinski definition) is 7. The number of hydrogen-bond donors (Lipinski definition) is 1. The maximum atomic E-state index is 12.9. The van der Waals surface area contributed by atoms with Crippen LogP contribution in [0.4, 0.5) is 11.4 Å². The van der Waals surface area contributed by atoms with Crippen molar-refractivity contribution in [2.24, 2.45) is 5.10 Å². The van der Waals surface area contributed by atoms with Crippen LogP contribution in [-0.2, 0) is 4.79 Å². The van der Waals surface area contributed by atoms with Crippen LogP contribution in [0.5, 0.6) is 0 Å². The highest BCUT2D eigenvalue weighted by molar-refractivity contribution is 6.01. The van der Waals surface area contributed by atoms with E-state index in [9.17, 15) is 14.9 Å². The van der Waals surface area contributed by atoms with Crippen LogP contribution in [0.2, 0.25) is 0 Å². The molecule has 0 saturated carbocycles. The van der Waals surface area contributed by atoms with Crippen molar-refractivity contribution < 1.29 is 18.6 Å². The molecule has 1 unspecified atom stereocenters. The zero-order valence-electron chi connectivity index (χ0n) is 15.6. The molecule has 0 fully saturated rings. The van der Waals surface area contributed by atoms with E-state index in [1.807, 2.05) is 0 Å². The lowest BCUT2D eigenvalue weighted by Crippen LogP contribution is -2.32. The van der Waals surface area contributed by atoms with Crippen LogP contribution in [0, 0.1) is 17.0 Å². The SMILES string of the molecule is Cc1c(NCC(=O)N2N=C(c3ccco3)CC2c2ccco2)cccc1[N+](=O)[O-]. The predicted octanol–water partition coefficient (Wildman–Crippen LogP) is 3.88. The van der Waals surface area contributed by atoms with Crippen molar-refractivity contribution in [1.82, 2.24) is 5.01 Å². The smallest absolute Gasteiger partial charge is 0.274 e. The Bertz CT molecular complexity index is 1060. The van der Waals surface area contributed by atoms with E-state index in [-0.39, 0.29) is 24.2 Å². The van der Waals surface area contributed by atoms with Gasteiger partial charge in [0, 0.05) is 23.7 Å². The molecule has 9 heteroatoms. The summed E-state index contributed by atoms with van der Waals surface area (Å²) in [5, 5.41) is 19.9. The van der Waals surface area contributed by atoms with E-state index in [0.717, 1.165) is 0 Å². The molecule has 9 nitrogen and oxygen atoms in total. The van der Waals surface area contributed by atoms with Crippen LogP contribution in [0.15, 0.2) is 68.9 Å². The van der Waals surface area contributed by atoms with Gasteiger partial charge in [-0.25, -0.2) is 5.01 Å². The lowest BCUT2D eigenvalue weighted by atomic mass is 10.1. The van der Waals surface area contributed by atoms with E-state index in [1.165, 1.54) is 11.1 Å². The van der Waals surface area contributed by atoms with Crippen LogP contribution in [0.25, 0.3) is 0 Å². The van der Waals surface area contributed by atoms with E-state index in [1.54, 1.807) is 55.8 Å². The highest BCUT2D eigenvalue weighted by Crippen LogP contribution is 2.33. The molecule has 148 valence electrons. The molecular weight excluding hydrogens is 376 g/mol. The number of nitrogens with zero attached hydrogens (tertiary/aromatic N) is 3. The molecule has 0 aliphatic carbocycles. The molecule has 4 rings (SSSR count). The summed E-state index contributed by atoms with van der Waals surface area (Å²) in [6.07, 6.45) is 3.56. The summed E-state index contributed by atoms with van der Waals surface area (Å²) in [5.74, 6) is 0.924. The second kappa shape index (κ2) is 7.63. The van der Waals surface area contributed by atoms with Gasteiger partial charge in [-0.3, -0.25) is 14.9 Å². The number of furan rings is 2. The van der Waals surface area contributed by atoms with Crippen LogP contribution in [0.3, 0.4) is 0 Å². The molecule has 1 amide bonds. The van der Waals surface area contributed by atoms with Gasteiger partial charge in [-0.15, -0.1) is 0 Å². The van der Waals surface area contributed by atoms with Crippen molar-refractivity contribution in [1.29, 1.82) is 0 Å². The number of rotatable bonds is 6. The van der Waals surface area contributed by atoms with Crippen molar-refractivity contribution in [2.75, 3.05) is 11.9 Å². The average Bonchev–Trinajstić information content (AvgIpc) is 3.47. The summed E-state index contributed by atoms with van der Waals surface area (Å²) in [6, 6.07) is 11.4. The first kappa shape index (κ1) is 18.5. The minimum atomic E-state index is -0.449. The fourth-order valence-electron chi connectivity index (χ4n) is 3.30. The lowest BCUT2D eigenvalue weighted by molar-refractivity contribution is -0.385. The summed E-state index contributed by atoms with van der Waals surface area (Å²) in [7, 11) is 0. The number of nitrogens with one attached hydrogen (secondary N) is 1. The van der Waals surface area contributed by atoms with Crippen LogP contribution in [0.1, 0.15) is 29.5 Å². The number of carbonyl (C=O) groups excluding carboxylic acids is 1. The second-order valence-corrected chi connectivity index (χ2v) is 6.56. The van der Waals surface area contributed by atoms with Crippen molar-refractivity contribution in [2.45, 2.75) is 19.4 Å². The van der Waals surface area contributed by atoms with Gasteiger partial charge in [0.1, 0.15) is 23.3 Å². The van der Waals surface area contributed by atoms with Crippen LogP contribution >= 0.6 is 0 Å². The molecule has 29 heavy (non-hydrogen) atoms. The molecule has 0 radical (unpaired) electrons. The van der Waals surface area contributed by atoms with E-state index in [0.29, 0.717) is 34.9 Å². The minimum Gasteiger partial charge on any atom is -0.467 e. The molecule has 1 aliphatic rings. The molecule has 1 aliphatic heterocycles. The van der Waals surface area contributed by atoms with Crippen molar-refractivity contribution >= 4 is 23.0 Å². The Morgan fingerprint density at radius 3 is 2.72 bits per heavy atom. The molecule has 1 atom stereocenters. The zero-order chi connectivity index (χ0) is 20.4. The van der Waals surface area contributed by atoms with Gasteiger partial charge in [0.25, 0.3) is 11.6 Å². The summed E-state index contributed by atoms with van der Waals surface area (Å²) in [6.45, 7) is 1.56. The molecule has 0 saturated heterocycles. The number of nitro benzene ring substituents is 1. The average molecular weight is 394 g/mol. The lowest BCUT2D eigenvalue weighted by Gasteiger charge is -2.20. The Morgan fingerprint density at radius 1 is 1.24 bits per heavy atom. The zero-order valence-corrected chi connectivity index (χ0v) is 15.6. The highest BCUT2D eigenvalue weighted by atomic mass is 16.6. The summed E-state index contributed by atoms with van der Waals surface area (Å²) >= 11 is 0. The highest BCUT2D eigenvalue weighted by Gasteiger charge is 2.35. The Balaban J connectivity index is 1.54. The van der Waals surface area contributed by atoms with Gasteiger partial charge in [0.05, 0.1) is 24.0 Å². The van der Waals surface area contributed by atoms with E-state index in [4.69, 9.17) is 8.83 Å². The number of amides is 1. The van der Waals surface area contributed by atoms with Gasteiger partial charge < -0.3 is 14.2 Å². The fraction of sp³-hybridized carbons (Fsp3) is 0.200. The Labute approximate surface area is 165 Å². The molecule has 1 N–H and O–H groups in total. The van der Waals surface area contributed by atoms with E-state index < -0.39 is 4.92 Å². The van der Waals surface area contributed by atoms with Crippen molar-refractivity contribution in [3.05, 3.63) is 82.2 Å². The third kappa shape index (κ3) is 3.62. The molecule has 0 bridgehead atoms. The van der Waals surface area contributed by atoms with Crippen LogP contribution < -0.4 is 5.32 Å². The standard InChI is InChI=1S/C20H18N4O5/c1-13-14(5-2-6-16(13)24(26)27)21-12-20(25)23-17(19-8-4-10-29-19)11-15(22-23)18-7-3-9-28-18/h2-10,17,21H,11-12H2,1H3. The molecule has 2 aromatic heterocycles. The Kier molecular flexibility index (Phi) is 4.86. The number of benzene rings is 1. The third-order valence-electron chi connectivity index (χ3n) is 4.78. The normalized spacial score (nSPS) is 16.0.